The van der Waals surface area contributed by atoms with Gasteiger partial charge in [0.15, 0.2) is 6.54 Å². The van der Waals surface area contributed by atoms with Crippen molar-refractivity contribution in [1.82, 2.24) is 0 Å². The van der Waals surface area contributed by atoms with Gasteiger partial charge in [-0.05, 0) is 52.0 Å². The van der Waals surface area contributed by atoms with Crippen LogP contribution in [0.5, 0.6) is 0 Å². The Morgan fingerprint density at radius 1 is 0.838 bits per heavy atom. The molecule has 0 amide bonds. The minimum absolute atomic E-state index is 0.979. The Morgan fingerprint density at radius 3 is 2.32 bits per heavy atom. The highest BCUT2D eigenvalue weighted by molar-refractivity contribution is 8.03. The second-order valence-electron chi connectivity index (χ2n) is 9.38. The summed E-state index contributed by atoms with van der Waals surface area (Å²) in [5.41, 5.74) is 2.66. The molecule has 37 heavy (non-hydrogen) atoms. The van der Waals surface area contributed by atoms with Crippen molar-refractivity contribution >= 4 is 45.1 Å². The molecule has 0 aliphatic carbocycles. The summed E-state index contributed by atoms with van der Waals surface area (Å²) in [6, 6.07) is 17.4. The van der Waals surface area contributed by atoms with Crippen LogP contribution < -0.4 is 9.47 Å². The maximum atomic E-state index is 2.51. The number of hydrogen-bond donors (Lipinski definition) is 0. The number of nitrogens with zero attached hydrogens (tertiary/aromatic N) is 3. The molecule has 0 saturated heterocycles. The van der Waals surface area contributed by atoms with Gasteiger partial charge in [-0.25, -0.2) is 0 Å². The highest BCUT2D eigenvalue weighted by atomic mass is 32.2. The van der Waals surface area contributed by atoms with Crippen LogP contribution in [0.4, 0.5) is 5.69 Å². The molecule has 0 atom stereocenters. The Balaban J connectivity index is 1.41. The standard InChI is InChI=1S/C32H41N3S2/c1-5-33-27-19-14-16-21-29(27)36-31(33)23-12-10-9-11-13-24-32-34(28-20-15-17-22-30(28)37-32)25-18-26-35(6-2,7-3)8-4/h9-17,19-24H,5-8,18,25-26H2,1-4H3/q+2. The van der Waals surface area contributed by atoms with E-state index in [2.05, 4.69) is 128 Å². The van der Waals surface area contributed by atoms with E-state index in [1.165, 1.54) is 67.9 Å². The third-order valence-electron chi connectivity index (χ3n) is 7.54. The molecule has 0 unspecified atom stereocenters. The summed E-state index contributed by atoms with van der Waals surface area (Å²) in [4.78, 5) is 3.71. The number of aryl methyl sites for hydroxylation is 1. The number of anilines is 1. The van der Waals surface area contributed by atoms with Crippen molar-refractivity contribution in [2.45, 2.75) is 45.6 Å². The van der Waals surface area contributed by atoms with Crippen LogP contribution >= 0.6 is 23.1 Å². The molecular formula is C32H41N3S2+2. The van der Waals surface area contributed by atoms with Crippen LogP contribution in [0.25, 0.3) is 16.3 Å². The third-order valence-corrected chi connectivity index (χ3v) is 9.80. The van der Waals surface area contributed by atoms with Crippen LogP contribution in [-0.2, 0) is 6.54 Å². The van der Waals surface area contributed by atoms with Gasteiger partial charge in [-0.2, -0.15) is 4.57 Å². The molecule has 0 bridgehead atoms. The molecule has 2 aromatic carbocycles. The van der Waals surface area contributed by atoms with Crippen LogP contribution in [0.1, 0.15) is 39.1 Å². The number of para-hydroxylation sites is 2. The number of aromatic nitrogens is 1. The number of thiazole rings is 1. The van der Waals surface area contributed by atoms with E-state index in [-0.39, 0.29) is 0 Å². The lowest BCUT2D eigenvalue weighted by atomic mass is 10.2. The number of hydrogen-bond acceptors (Lipinski definition) is 3. The number of fused-ring (bicyclic) bond motifs is 2. The van der Waals surface area contributed by atoms with Gasteiger partial charge in [-0.3, -0.25) is 0 Å². The van der Waals surface area contributed by atoms with E-state index in [1.54, 1.807) is 0 Å². The monoisotopic (exact) mass is 531 g/mol. The number of allylic oxidation sites excluding steroid dienone is 6. The van der Waals surface area contributed by atoms with Gasteiger partial charge >= 0.3 is 0 Å². The molecular weight excluding hydrogens is 491 g/mol. The highest BCUT2D eigenvalue weighted by Crippen LogP contribution is 2.45. The van der Waals surface area contributed by atoms with Crippen LogP contribution in [0.3, 0.4) is 0 Å². The predicted molar refractivity (Wildman–Crippen MR) is 164 cm³/mol. The molecule has 5 heteroatoms. The van der Waals surface area contributed by atoms with E-state index in [1.807, 2.05) is 23.1 Å². The first kappa shape index (κ1) is 27.4. The van der Waals surface area contributed by atoms with Gasteiger partial charge in [0.25, 0.3) is 5.01 Å². The molecule has 0 spiro atoms. The summed E-state index contributed by atoms with van der Waals surface area (Å²) in [6.45, 7) is 16.1. The van der Waals surface area contributed by atoms with Gasteiger partial charge in [0, 0.05) is 23.6 Å². The zero-order valence-corrected chi connectivity index (χ0v) is 24.4. The molecule has 0 saturated carbocycles. The summed E-state index contributed by atoms with van der Waals surface area (Å²) >= 11 is 3.73. The molecule has 194 valence electrons. The first-order valence-corrected chi connectivity index (χ1v) is 15.3. The summed E-state index contributed by atoms with van der Waals surface area (Å²) in [5.74, 6) is 0. The maximum absolute atomic E-state index is 2.51. The van der Waals surface area contributed by atoms with E-state index >= 15 is 0 Å². The van der Waals surface area contributed by atoms with Crippen LogP contribution in [0.2, 0.25) is 0 Å². The van der Waals surface area contributed by atoms with E-state index in [0.29, 0.717) is 0 Å². The average molecular weight is 532 g/mol. The Labute approximate surface area is 231 Å². The molecule has 3 nitrogen and oxygen atoms in total. The average Bonchev–Trinajstić information content (AvgIpc) is 3.48. The van der Waals surface area contributed by atoms with E-state index in [0.717, 1.165) is 13.1 Å². The number of thioether (sulfide) groups is 1. The topological polar surface area (TPSA) is 7.12 Å². The normalized spacial score (nSPS) is 15.4. The van der Waals surface area contributed by atoms with Crippen LogP contribution in [0.15, 0.2) is 94.9 Å². The largest absolute Gasteiger partial charge is 0.335 e. The van der Waals surface area contributed by atoms with Gasteiger partial charge in [0.05, 0.1) is 43.3 Å². The highest BCUT2D eigenvalue weighted by Gasteiger charge is 2.24. The molecule has 1 aromatic heterocycles. The number of benzene rings is 2. The van der Waals surface area contributed by atoms with Crippen LogP contribution in [-0.4, -0.2) is 37.2 Å². The summed E-state index contributed by atoms with van der Waals surface area (Å²) in [6.07, 6.45) is 16.3. The molecule has 0 fully saturated rings. The molecule has 0 N–H and O–H groups in total. The van der Waals surface area contributed by atoms with Crippen molar-refractivity contribution in [1.29, 1.82) is 0 Å². The quantitative estimate of drug-likeness (QED) is 0.133. The molecule has 1 aliphatic heterocycles. The first-order chi connectivity index (χ1) is 18.1. The fraction of sp³-hybridized carbons (Fsp3) is 0.344. The lowest BCUT2D eigenvalue weighted by molar-refractivity contribution is -0.925. The SMILES string of the molecule is CCN1\C(=C/C=C/C=C/C=C/c2sc3ccccc3[n+]2CCC[N+](CC)(CC)CC)Sc2ccccc21. The Bertz CT molecular complexity index is 1290. The molecule has 4 rings (SSSR count). The van der Waals surface area contributed by atoms with Gasteiger partial charge in [0.1, 0.15) is 4.70 Å². The van der Waals surface area contributed by atoms with Crippen molar-refractivity contribution in [2.75, 3.05) is 37.6 Å². The first-order valence-electron chi connectivity index (χ1n) is 13.7. The van der Waals surface area contributed by atoms with Gasteiger partial charge in [-0.1, -0.05) is 77.7 Å². The minimum atomic E-state index is 0.979. The number of rotatable bonds is 12. The summed E-state index contributed by atoms with van der Waals surface area (Å²) in [7, 11) is 0. The van der Waals surface area contributed by atoms with E-state index in [4.69, 9.17) is 0 Å². The third kappa shape index (κ3) is 6.46. The zero-order chi connectivity index (χ0) is 26.1. The Kier molecular flexibility index (Phi) is 9.84. The molecule has 1 aliphatic rings. The van der Waals surface area contributed by atoms with E-state index < -0.39 is 0 Å². The van der Waals surface area contributed by atoms with Gasteiger partial charge < -0.3 is 9.38 Å². The molecule has 0 radical (unpaired) electrons. The second-order valence-corrected chi connectivity index (χ2v) is 11.5. The minimum Gasteiger partial charge on any atom is -0.335 e. The van der Waals surface area contributed by atoms with Crippen molar-refractivity contribution in [2.24, 2.45) is 0 Å². The van der Waals surface area contributed by atoms with Crippen molar-refractivity contribution in [3.63, 3.8) is 0 Å². The Hall–Kier alpha value is -2.60. The van der Waals surface area contributed by atoms with Gasteiger partial charge in [0.2, 0.25) is 5.52 Å². The molecule has 2 heterocycles. The maximum Gasteiger partial charge on any atom is 0.262 e. The lowest BCUT2D eigenvalue weighted by Gasteiger charge is -2.35. The zero-order valence-electron chi connectivity index (χ0n) is 22.8. The van der Waals surface area contributed by atoms with Crippen molar-refractivity contribution < 1.29 is 9.05 Å². The fourth-order valence-electron chi connectivity index (χ4n) is 5.09. The van der Waals surface area contributed by atoms with Crippen molar-refractivity contribution in [3.8, 4) is 0 Å². The summed E-state index contributed by atoms with van der Waals surface area (Å²) in [5, 5.41) is 2.60. The summed E-state index contributed by atoms with van der Waals surface area (Å²) < 4.78 is 5.07. The van der Waals surface area contributed by atoms with Crippen molar-refractivity contribution in [3.05, 3.63) is 95.0 Å². The fourth-order valence-corrected chi connectivity index (χ4v) is 7.33. The molecule has 3 aromatic rings. The predicted octanol–water partition coefficient (Wildman–Crippen LogP) is 8.05. The van der Waals surface area contributed by atoms with E-state index in [9.17, 15) is 0 Å². The second kappa shape index (κ2) is 13.3. The van der Waals surface area contributed by atoms with Crippen LogP contribution in [0, 0.1) is 0 Å². The Morgan fingerprint density at radius 2 is 1.54 bits per heavy atom. The lowest BCUT2D eigenvalue weighted by Crippen LogP contribution is -2.49. The van der Waals surface area contributed by atoms with Gasteiger partial charge in [-0.15, -0.1) is 0 Å². The smallest absolute Gasteiger partial charge is 0.262 e. The number of quaternary nitrogens is 1.